The summed E-state index contributed by atoms with van der Waals surface area (Å²) in [6.07, 6.45) is 0. The monoisotopic (exact) mass is 403 g/mol. The van der Waals surface area contributed by atoms with Crippen LogP contribution >= 0.6 is 0 Å². The number of amidine groups is 1. The van der Waals surface area contributed by atoms with E-state index in [2.05, 4.69) is 9.71 Å². The summed E-state index contributed by atoms with van der Waals surface area (Å²) in [6, 6.07) is 11.9. The summed E-state index contributed by atoms with van der Waals surface area (Å²) in [6.45, 7) is 0.241. The zero-order valence-corrected chi connectivity index (χ0v) is 16.6. The molecule has 1 amide bonds. The maximum absolute atomic E-state index is 12.3. The first-order valence-electron chi connectivity index (χ1n) is 8.48. The molecule has 0 spiro atoms. The van der Waals surface area contributed by atoms with Crippen LogP contribution in [0.4, 0.5) is 0 Å². The van der Waals surface area contributed by atoms with Gasteiger partial charge in [-0.15, -0.1) is 4.40 Å². The minimum absolute atomic E-state index is 0.0379. The number of nitrogens with one attached hydrogen (secondary N) is 1. The minimum Gasteiger partial charge on any atom is -0.497 e. The average molecular weight is 403 g/mol. The van der Waals surface area contributed by atoms with Gasteiger partial charge in [0.1, 0.15) is 16.4 Å². The summed E-state index contributed by atoms with van der Waals surface area (Å²) in [5.41, 5.74) is 1.31. The third-order valence-corrected chi connectivity index (χ3v) is 5.58. The molecule has 2 aromatic carbocycles. The van der Waals surface area contributed by atoms with Crippen LogP contribution in [0.1, 0.15) is 11.1 Å². The van der Waals surface area contributed by atoms with E-state index in [4.69, 9.17) is 9.47 Å². The Kier molecular flexibility index (Phi) is 5.55. The number of rotatable bonds is 6. The fourth-order valence-corrected chi connectivity index (χ4v) is 4.13. The van der Waals surface area contributed by atoms with Gasteiger partial charge in [-0.05, 0) is 29.8 Å². The van der Waals surface area contributed by atoms with Gasteiger partial charge in [0.25, 0.3) is 10.0 Å². The first-order valence-corrected chi connectivity index (χ1v) is 9.92. The van der Waals surface area contributed by atoms with Gasteiger partial charge in [0.15, 0.2) is 5.84 Å². The van der Waals surface area contributed by atoms with E-state index in [0.717, 1.165) is 5.56 Å². The highest BCUT2D eigenvalue weighted by Gasteiger charge is 2.30. The number of methoxy groups -OCH3 is 2. The smallest absolute Gasteiger partial charge is 0.285 e. The fraction of sp³-hybridized carbons (Fsp3) is 0.263. The van der Waals surface area contributed by atoms with Gasteiger partial charge in [-0.2, -0.15) is 8.42 Å². The lowest BCUT2D eigenvalue weighted by molar-refractivity contribution is -0.121. The second-order valence-electron chi connectivity index (χ2n) is 6.24. The van der Waals surface area contributed by atoms with E-state index in [-0.39, 0.29) is 29.7 Å². The van der Waals surface area contributed by atoms with Gasteiger partial charge >= 0.3 is 0 Å². The van der Waals surface area contributed by atoms with Crippen LogP contribution < -0.4 is 14.8 Å². The molecular formula is C19H21N3O5S. The Morgan fingerprint density at radius 1 is 1.11 bits per heavy atom. The molecule has 2 aromatic rings. The zero-order chi connectivity index (χ0) is 20.3. The number of carbonyl (C=O) groups is 1. The maximum Gasteiger partial charge on any atom is 0.285 e. The SMILES string of the molecule is COc1cc(CNC(=O)CN(C)C2=NS(=O)(=O)c3ccccc32)cc(OC)c1. The predicted octanol–water partition coefficient (Wildman–Crippen LogP) is 1.40. The molecule has 9 heteroatoms. The lowest BCUT2D eigenvalue weighted by Gasteiger charge is -2.18. The number of carbonyl (C=O) groups excluding carboxylic acids is 1. The quantitative estimate of drug-likeness (QED) is 0.783. The Hall–Kier alpha value is -3.07. The van der Waals surface area contributed by atoms with Crippen molar-refractivity contribution in [3.8, 4) is 11.5 Å². The number of ether oxygens (including phenoxy) is 2. The summed E-state index contributed by atoms with van der Waals surface area (Å²) in [5, 5.41) is 2.80. The highest BCUT2D eigenvalue weighted by molar-refractivity contribution is 7.90. The van der Waals surface area contributed by atoms with Gasteiger partial charge in [-0.1, -0.05) is 12.1 Å². The molecule has 3 rings (SSSR count). The third kappa shape index (κ3) is 4.09. The van der Waals surface area contributed by atoms with E-state index >= 15 is 0 Å². The summed E-state index contributed by atoms with van der Waals surface area (Å²) in [7, 11) is 1.02. The average Bonchev–Trinajstić information content (AvgIpc) is 2.97. The second-order valence-corrected chi connectivity index (χ2v) is 7.81. The van der Waals surface area contributed by atoms with Crippen molar-refractivity contribution in [2.45, 2.75) is 11.4 Å². The number of hydrogen-bond donors (Lipinski definition) is 1. The van der Waals surface area contributed by atoms with E-state index in [9.17, 15) is 13.2 Å². The van der Waals surface area contributed by atoms with Crippen molar-refractivity contribution < 1.29 is 22.7 Å². The van der Waals surface area contributed by atoms with Gasteiger partial charge in [0.05, 0.1) is 20.8 Å². The molecule has 28 heavy (non-hydrogen) atoms. The molecule has 0 unspecified atom stereocenters. The number of sulfonamides is 1. The molecule has 0 saturated heterocycles. The molecule has 1 aliphatic rings. The fourth-order valence-electron chi connectivity index (χ4n) is 2.88. The molecule has 0 aromatic heterocycles. The van der Waals surface area contributed by atoms with Crippen LogP contribution in [0.25, 0.3) is 0 Å². The van der Waals surface area contributed by atoms with Crippen molar-refractivity contribution in [2.75, 3.05) is 27.8 Å². The highest BCUT2D eigenvalue weighted by atomic mass is 32.2. The van der Waals surface area contributed by atoms with Crippen LogP contribution in [0.3, 0.4) is 0 Å². The van der Waals surface area contributed by atoms with Gasteiger partial charge < -0.3 is 19.7 Å². The highest BCUT2D eigenvalue weighted by Crippen LogP contribution is 2.27. The Morgan fingerprint density at radius 2 is 1.75 bits per heavy atom. The van der Waals surface area contributed by atoms with Crippen molar-refractivity contribution >= 4 is 21.8 Å². The van der Waals surface area contributed by atoms with E-state index in [0.29, 0.717) is 17.1 Å². The summed E-state index contributed by atoms with van der Waals surface area (Å²) in [5.74, 6) is 1.24. The molecule has 0 saturated carbocycles. The number of hydrogen-bond acceptors (Lipinski definition) is 6. The lowest BCUT2D eigenvalue weighted by Crippen LogP contribution is -2.38. The van der Waals surface area contributed by atoms with Gasteiger partial charge in [0.2, 0.25) is 5.91 Å². The van der Waals surface area contributed by atoms with E-state index in [1.54, 1.807) is 57.7 Å². The first-order chi connectivity index (χ1) is 13.3. The van der Waals surface area contributed by atoms with Crippen molar-refractivity contribution in [3.05, 3.63) is 53.6 Å². The first kappa shape index (κ1) is 19.7. The normalized spacial score (nSPS) is 14.0. The maximum atomic E-state index is 12.3. The van der Waals surface area contributed by atoms with Crippen molar-refractivity contribution in [2.24, 2.45) is 4.40 Å². The van der Waals surface area contributed by atoms with Crippen LogP contribution in [-0.4, -0.2) is 52.9 Å². The number of fused-ring (bicyclic) bond motifs is 1. The number of amides is 1. The van der Waals surface area contributed by atoms with E-state index in [1.807, 2.05) is 0 Å². The van der Waals surface area contributed by atoms with Crippen molar-refractivity contribution in [1.82, 2.24) is 10.2 Å². The van der Waals surface area contributed by atoms with E-state index in [1.165, 1.54) is 11.0 Å². The molecule has 1 aliphatic heterocycles. The lowest BCUT2D eigenvalue weighted by atomic mass is 10.2. The molecule has 0 aliphatic carbocycles. The Labute approximate surface area is 163 Å². The molecular weight excluding hydrogens is 382 g/mol. The van der Waals surface area contributed by atoms with Crippen LogP contribution in [0.5, 0.6) is 11.5 Å². The molecule has 1 N–H and O–H groups in total. The van der Waals surface area contributed by atoms with Gasteiger partial charge in [0, 0.05) is 25.2 Å². The number of benzene rings is 2. The summed E-state index contributed by atoms with van der Waals surface area (Å²) >= 11 is 0. The molecule has 0 atom stereocenters. The standard InChI is InChI=1S/C19H21N3O5S/c1-22(19-16-6-4-5-7-17(16)28(24,25)21-19)12-18(23)20-11-13-8-14(26-2)10-15(9-13)27-3/h4-10H,11-12H2,1-3H3,(H,20,23). The van der Waals surface area contributed by atoms with Crippen LogP contribution in [0, 0.1) is 0 Å². The molecule has 0 radical (unpaired) electrons. The number of nitrogens with zero attached hydrogens (tertiary/aromatic N) is 2. The molecule has 8 nitrogen and oxygen atoms in total. The van der Waals surface area contributed by atoms with Crippen LogP contribution in [-0.2, 0) is 21.4 Å². The summed E-state index contributed by atoms with van der Waals surface area (Å²) in [4.78, 5) is 14.0. The Balaban J connectivity index is 1.66. The molecule has 0 bridgehead atoms. The van der Waals surface area contributed by atoms with E-state index < -0.39 is 10.0 Å². The Bertz CT molecular complexity index is 1010. The molecule has 148 valence electrons. The van der Waals surface area contributed by atoms with Crippen molar-refractivity contribution in [1.29, 1.82) is 0 Å². The van der Waals surface area contributed by atoms with Gasteiger partial charge in [-0.25, -0.2) is 0 Å². The zero-order valence-electron chi connectivity index (χ0n) is 15.8. The van der Waals surface area contributed by atoms with Gasteiger partial charge in [-0.3, -0.25) is 4.79 Å². The van der Waals surface area contributed by atoms with Crippen molar-refractivity contribution in [3.63, 3.8) is 0 Å². The third-order valence-electron chi connectivity index (χ3n) is 4.26. The predicted molar refractivity (Wildman–Crippen MR) is 104 cm³/mol. The summed E-state index contributed by atoms with van der Waals surface area (Å²) < 4.78 is 38.5. The molecule has 0 fully saturated rings. The second kappa shape index (κ2) is 7.89. The topological polar surface area (TPSA) is 97.3 Å². The van der Waals surface area contributed by atoms with Crippen LogP contribution in [0.15, 0.2) is 51.8 Å². The van der Waals surface area contributed by atoms with Crippen LogP contribution in [0.2, 0.25) is 0 Å². The molecule has 1 heterocycles. The Morgan fingerprint density at radius 3 is 2.39 bits per heavy atom. The minimum atomic E-state index is -3.72. The number of likely N-dealkylation sites (N-methyl/N-ethyl adjacent to an activating group) is 1. The largest absolute Gasteiger partial charge is 0.497 e.